The number of ketones is 1. The molecule has 0 aliphatic heterocycles. The third-order valence-electron chi connectivity index (χ3n) is 4.77. The number of hydrogen-bond donors (Lipinski definition) is 1. The topological polar surface area (TPSA) is 167 Å². The molecule has 0 saturated heterocycles. The van der Waals surface area contributed by atoms with Crippen LogP contribution in [0.15, 0.2) is 46.2 Å². The number of benzene rings is 2. The lowest BCUT2D eigenvalue weighted by Gasteiger charge is -2.11. The van der Waals surface area contributed by atoms with Gasteiger partial charge in [-0.1, -0.05) is 11.6 Å². The molecule has 3 rings (SSSR count). The van der Waals surface area contributed by atoms with Gasteiger partial charge in [-0.25, -0.2) is 8.42 Å². The van der Waals surface area contributed by atoms with Crippen molar-refractivity contribution in [1.82, 2.24) is 9.78 Å². The number of rotatable bonds is 6. The minimum absolute atomic E-state index is 0.0970. The number of non-ortho nitro benzene ring substituents is 1. The molecule has 33 heavy (non-hydrogen) atoms. The lowest BCUT2D eigenvalue weighted by Crippen LogP contribution is -2.09. The summed E-state index contributed by atoms with van der Waals surface area (Å²) in [5.74, 6) is -0.728. The van der Waals surface area contributed by atoms with E-state index in [-0.39, 0.29) is 38.0 Å². The van der Waals surface area contributed by atoms with Crippen LogP contribution in [0.4, 0.5) is 5.69 Å². The molecule has 0 atom stereocenters. The molecule has 1 N–H and O–H groups in total. The van der Waals surface area contributed by atoms with Gasteiger partial charge in [0.1, 0.15) is 4.90 Å². The monoisotopic (exact) mass is 513 g/mol. The Bertz CT molecular complexity index is 1540. The summed E-state index contributed by atoms with van der Waals surface area (Å²) < 4.78 is 58.2. The molecule has 0 aliphatic carbocycles. The summed E-state index contributed by atoms with van der Waals surface area (Å²) in [6.45, 7) is 1.46. The van der Waals surface area contributed by atoms with E-state index in [0.717, 1.165) is 35.2 Å². The second-order valence-electron chi connectivity index (χ2n) is 7.09. The SMILES string of the molecule is Cc1nn(C)c(-c2cc([N+](=O)[O-])ccc2S(=O)(=O)O)c1C(=O)c1ccc(S(C)(=O)=O)cc1Cl. The molecule has 11 nitrogen and oxygen atoms in total. The number of hydrogen-bond acceptors (Lipinski definition) is 8. The summed E-state index contributed by atoms with van der Waals surface area (Å²) in [5.41, 5.74) is -0.991. The molecular formula is C19H16ClN3O8S2. The Morgan fingerprint density at radius 3 is 2.30 bits per heavy atom. The summed E-state index contributed by atoms with van der Waals surface area (Å²) in [6, 6.07) is 6.16. The van der Waals surface area contributed by atoms with Gasteiger partial charge in [-0.3, -0.25) is 24.1 Å². The molecule has 2 aromatic carbocycles. The van der Waals surface area contributed by atoms with Crippen molar-refractivity contribution in [3.05, 3.63) is 68.4 Å². The number of halogens is 1. The van der Waals surface area contributed by atoms with Gasteiger partial charge < -0.3 is 0 Å². The van der Waals surface area contributed by atoms with Crippen molar-refractivity contribution in [2.24, 2.45) is 7.05 Å². The summed E-state index contributed by atoms with van der Waals surface area (Å²) >= 11 is 6.17. The van der Waals surface area contributed by atoms with Gasteiger partial charge in [-0.05, 0) is 31.2 Å². The van der Waals surface area contributed by atoms with Gasteiger partial charge in [-0.15, -0.1) is 0 Å². The van der Waals surface area contributed by atoms with E-state index < -0.39 is 41.2 Å². The highest BCUT2D eigenvalue weighted by Crippen LogP contribution is 2.36. The molecule has 14 heteroatoms. The molecule has 0 radical (unpaired) electrons. The molecule has 3 aromatic rings. The van der Waals surface area contributed by atoms with Crippen LogP contribution in [0.2, 0.25) is 5.02 Å². The van der Waals surface area contributed by atoms with E-state index in [1.54, 1.807) is 0 Å². The number of aromatic nitrogens is 2. The maximum absolute atomic E-state index is 13.4. The van der Waals surface area contributed by atoms with Crippen molar-refractivity contribution in [3.63, 3.8) is 0 Å². The zero-order chi connectivity index (χ0) is 24.9. The molecule has 0 bridgehead atoms. The van der Waals surface area contributed by atoms with E-state index in [4.69, 9.17) is 11.6 Å². The molecule has 0 spiro atoms. The van der Waals surface area contributed by atoms with Gasteiger partial charge in [0.15, 0.2) is 15.6 Å². The normalized spacial score (nSPS) is 12.0. The van der Waals surface area contributed by atoms with Crippen molar-refractivity contribution in [2.45, 2.75) is 16.7 Å². The fraction of sp³-hybridized carbons (Fsp3) is 0.158. The second-order valence-corrected chi connectivity index (χ2v) is 10.9. The van der Waals surface area contributed by atoms with Gasteiger partial charge >= 0.3 is 0 Å². The van der Waals surface area contributed by atoms with Crippen molar-refractivity contribution in [1.29, 1.82) is 0 Å². The van der Waals surface area contributed by atoms with Crippen molar-refractivity contribution in [2.75, 3.05) is 6.26 Å². The summed E-state index contributed by atoms with van der Waals surface area (Å²) in [4.78, 5) is 23.1. The zero-order valence-electron chi connectivity index (χ0n) is 17.3. The Hall–Kier alpha value is -3.13. The average Bonchev–Trinajstić information content (AvgIpc) is 2.99. The molecule has 0 unspecified atom stereocenters. The van der Waals surface area contributed by atoms with Crippen LogP contribution in [0.25, 0.3) is 11.3 Å². The van der Waals surface area contributed by atoms with Crippen LogP contribution >= 0.6 is 11.6 Å². The minimum atomic E-state index is -4.84. The molecule has 0 fully saturated rings. The van der Waals surface area contributed by atoms with Gasteiger partial charge in [0.2, 0.25) is 0 Å². The maximum atomic E-state index is 13.4. The number of aryl methyl sites for hydroxylation is 2. The predicted molar refractivity (Wildman–Crippen MR) is 118 cm³/mol. The number of carbonyl (C=O) groups is 1. The zero-order valence-corrected chi connectivity index (χ0v) is 19.7. The van der Waals surface area contributed by atoms with Crippen molar-refractivity contribution < 1.29 is 31.1 Å². The molecule has 1 heterocycles. The lowest BCUT2D eigenvalue weighted by atomic mass is 9.97. The second kappa shape index (κ2) is 8.33. The Labute approximate surface area is 193 Å². The summed E-state index contributed by atoms with van der Waals surface area (Å²) in [7, 11) is -7.04. The minimum Gasteiger partial charge on any atom is -0.288 e. The molecule has 0 saturated carbocycles. The number of nitro benzene ring substituents is 1. The average molecular weight is 514 g/mol. The first-order valence-electron chi connectivity index (χ1n) is 8.97. The third-order valence-corrected chi connectivity index (χ3v) is 7.10. The fourth-order valence-electron chi connectivity index (χ4n) is 3.33. The highest BCUT2D eigenvalue weighted by Gasteiger charge is 2.30. The first kappa shape index (κ1) is 24.5. The van der Waals surface area contributed by atoms with Crippen LogP contribution in [-0.4, -0.2) is 48.1 Å². The third kappa shape index (κ3) is 4.66. The lowest BCUT2D eigenvalue weighted by molar-refractivity contribution is -0.384. The highest BCUT2D eigenvalue weighted by molar-refractivity contribution is 7.90. The Balaban J connectivity index is 2.32. The van der Waals surface area contributed by atoms with Crippen LogP contribution in [0.1, 0.15) is 21.6 Å². The van der Waals surface area contributed by atoms with Gasteiger partial charge in [-0.2, -0.15) is 13.5 Å². The molecule has 0 aliphatic rings. The highest BCUT2D eigenvalue weighted by atomic mass is 35.5. The predicted octanol–water partition coefficient (Wildman–Crippen LogP) is 2.84. The molecule has 1 aromatic heterocycles. The van der Waals surface area contributed by atoms with Crippen LogP contribution in [-0.2, 0) is 27.0 Å². The number of nitro groups is 1. The number of sulfone groups is 1. The smallest absolute Gasteiger partial charge is 0.288 e. The van der Waals surface area contributed by atoms with Crippen LogP contribution in [0.5, 0.6) is 0 Å². The largest absolute Gasteiger partial charge is 0.295 e. The van der Waals surface area contributed by atoms with Gasteiger partial charge in [0, 0.05) is 36.6 Å². The number of nitrogens with zero attached hydrogens (tertiary/aromatic N) is 3. The van der Waals surface area contributed by atoms with Crippen LogP contribution in [0.3, 0.4) is 0 Å². The Morgan fingerprint density at radius 1 is 1.15 bits per heavy atom. The Kier molecular flexibility index (Phi) is 6.19. The van der Waals surface area contributed by atoms with Crippen molar-refractivity contribution in [3.8, 4) is 11.3 Å². The standard InChI is InChI=1S/C19H16ClN3O8S2/c1-10-17(19(24)13-6-5-12(9-15(13)20)32(3,27)28)18(22(2)21-10)14-8-11(23(25)26)4-7-16(14)33(29,30)31/h4-9H,1-3H3,(H,29,30,31). The quantitative estimate of drug-likeness (QED) is 0.225. The van der Waals surface area contributed by atoms with E-state index in [9.17, 15) is 36.3 Å². The van der Waals surface area contributed by atoms with E-state index in [1.165, 1.54) is 26.1 Å². The molecule has 0 amide bonds. The molecule has 174 valence electrons. The van der Waals surface area contributed by atoms with E-state index in [0.29, 0.717) is 0 Å². The molecular weight excluding hydrogens is 498 g/mol. The maximum Gasteiger partial charge on any atom is 0.295 e. The first-order chi connectivity index (χ1) is 15.1. The van der Waals surface area contributed by atoms with Crippen molar-refractivity contribution >= 4 is 43.0 Å². The Morgan fingerprint density at radius 2 is 1.79 bits per heavy atom. The summed E-state index contributed by atoms with van der Waals surface area (Å²) in [5, 5.41) is 15.2. The van der Waals surface area contributed by atoms with Gasteiger partial charge in [0.05, 0.1) is 31.8 Å². The number of carbonyl (C=O) groups excluding carboxylic acids is 1. The van der Waals surface area contributed by atoms with E-state index >= 15 is 0 Å². The van der Waals surface area contributed by atoms with Crippen LogP contribution in [0, 0.1) is 17.0 Å². The fourth-order valence-corrected chi connectivity index (χ4v) is 4.98. The van der Waals surface area contributed by atoms with E-state index in [2.05, 4.69) is 5.10 Å². The summed E-state index contributed by atoms with van der Waals surface area (Å²) in [6.07, 6.45) is 0.975. The van der Waals surface area contributed by atoms with E-state index in [1.807, 2.05) is 0 Å². The van der Waals surface area contributed by atoms with Gasteiger partial charge in [0.25, 0.3) is 15.8 Å². The van der Waals surface area contributed by atoms with Crippen LogP contribution < -0.4 is 0 Å². The first-order valence-corrected chi connectivity index (χ1v) is 12.7.